The summed E-state index contributed by atoms with van der Waals surface area (Å²) in [6.07, 6.45) is 1.60. The highest BCUT2D eigenvalue weighted by molar-refractivity contribution is 7.19. The van der Waals surface area contributed by atoms with Crippen molar-refractivity contribution in [1.82, 2.24) is 19.8 Å². The maximum absolute atomic E-state index is 5.40. The van der Waals surface area contributed by atoms with Gasteiger partial charge in [-0.3, -0.25) is 0 Å². The molecule has 0 amide bonds. The lowest BCUT2D eigenvalue weighted by atomic mass is 10.2. The largest absolute Gasteiger partial charge is 0.494 e. The first-order valence-corrected chi connectivity index (χ1v) is 6.08. The minimum absolute atomic E-state index is 0.677. The highest BCUT2D eigenvalue weighted by atomic mass is 32.1. The molecule has 0 saturated heterocycles. The number of nitrogens with zero attached hydrogens (tertiary/aromatic N) is 4. The van der Waals surface area contributed by atoms with Crippen LogP contribution in [0.1, 0.15) is 6.92 Å². The topological polar surface area (TPSA) is 52.3 Å². The van der Waals surface area contributed by atoms with Crippen LogP contribution in [-0.4, -0.2) is 26.4 Å². The van der Waals surface area contributed by atoms with Crippen molar-refractivity contribution >= 4 is 16.3 Å². The van der Waals surface area contributed by atoms with E-state index in [1.807, 2.05) is 31.2 Å². The summed E-state index contributed by atoms with van der Waals surface area (Å²) in [5.41, 5.74) is 1.06. The fraction of sp³-hybridized carbons (Fsp3) is 0.182. The maximum Gasteiger partial charge on any atom is 0.234 e. The second-order valence-corrected chi connectivity index (χ2v) is 4.38. The van der Waals surface area contributed by atoms with Crippen LogP contribution >= 0.6 is 11.3 Å². The van der Waals surface area contributed by atoms with Gasteiger partial charge in [0, 0.05) is 5.56 Å². The van der Waals surface area contributed by atoms with Gasteiger partial charge in [-0.05, 0) is 31.2 Å². The molecule has 0 saturated carbocycles. The second kappa shape index (κ2) is 4.14. The Hall–Kier alpha value is -1.95. The highest BCUT2D eigenvalue weighted by Gasteiger charge is 2.07. The lowest BCUT2D eigenvalue weighted by molar-refractivity contribution is 0.340. The first-order chi connectivity index (χ1) is 8.36. The molecule has 0 fully saturated rings. The van der Waals surface area contributed by atoms with E-state index in [4.69, 9.17) is 4.74 Å². The van der Waals surface area contributed by atoms with Crippen molar-refractivity contribution in [2.45, 2.75) is 6.92 Å². The number of rotatable bonds is 3. The zero-order chi connectivity index (χ0) is 11.7. The molecule has 0 N–H and O–H groups in total. The van der Waals surface area contributed by atoms with E-state index in [9.17, 15) is 0 Å². The molecule has 2 heterocycles. The van der Waals surface area contributed by atoms with Gasteiger partial charge >= 0.3 is 0 Å². The summed E-state index contributed by atoms with van der Waals surface area (Å²) in [4.78, 5) is 0.800. The van der Waals surface area contributed by atoms with Gasteiger partial charge in [0.05, 0.1) is 6.61 Å². The molecule has 1 aromatic carbocycles. The molecule has 17 heavy (non-hydrogen) atoms. The van der Waals surface area contributed by atoms with Crippen molar-refractivity contribution in [3.8, 4) is 16.3 Å². The van der Waals surface area contributed by atoms with Gasteiger partial charge in [-0.1, -0.05) is 11.3 Å². The SMILES string of the molecule is CCOc1ccc(-c2nn3cnnc3s2)cc1. The Morgan fingerprint density at radius 2 is 2.12 bits per heavy atom. The lowest BCUT2D eigenvalue weighted by Crippen LogP contribution is -1.90. The Morgan fingerprint density at radius 1 is 1.29 bits per heavy atom. The van der Waals surface area contributed by atoms with Crippen molar-refractivity contribution in [1.29, 1.82) is 0 Å². The van der Waals surface area contributed by atoms with E-state index in [1.165, 1.54) is 11.3 Å². The van der Waals surface area contributed by atoms with E-state index in [0.29, 0.717) is 6.61 Å². The smallest absolute Gasteiger partial charge is 0.234 e. The average molecular weight is 246 g/mol. The van der Waals surface area contributed by atoms with Gasteiger partial charge in [-0.15, -0.1) is 10.2 Å². The van der Waals surface area contributed by atoms with Gasteiger partial charge in [0.2, 0.25) is 4.96 Å². The number of hydrogen-bond acceptors (Lipinski definition) is 5. The van der Waals surface area contributed by atoms with Gasteiger partial charge in [0.15, 0.2) is 0 Å². The fourth-order valence-corrected chi connectivity index (χ4v) is 2.36. The van der Waals surface area contributed by atoms with Crippen LogP contribution in [-0.2, 0) is 0 Å². The molecule has 5 nitrogen and oxygen atoms in total. The number of hydrogen-bond donors (Lipinski definition) is 0. The van der Waals surface area contributed by atoms with Crippen LogP contribution in [0.15, 0.2) is 30.6 Å². The van der Waals surface area contributed by atoms with Crippen LogP contribution in [0, 0.1) is 0 Å². The first-order valence-electron chi connectivity index (χ1n) is 5.27. The standard InChI is InChI=1S/C11H10N4OS/c1-2-16-9-5-3-8(4-6-9)10-14-15-7-12-13-11(15)17-10/h3-7H,2H2,1H3. The summed E-state index contributed by atoms with van der Waals surface area (Å²) in [6, 6.07) is 7.88. The van der Waals surface area contributed by atoms with E-state index in [-0.39, 0.29) is 0 Å². The van der Waals surface area contributed by atoms with Crippen molar-refractivity contribution < 1.29 is 4.74 Å². The molecular weight excluding hydrogens is 236 g/mol. The zero-order valence-electron chi connectivity index (χ0n) is 9.20. The molecule has 0 unspecified atom stereocenters. The third kappa shape index (κ3) is 1.87. The van der Waals surface area contributed by atoms with Gasteiger partial charge in [0.25, 0.3) is 0 Å². The van der Waals surface area contributed by atoms with Crippen LogP contribution in [0.2, 0.25) is 0 Å². The summed E-state index contributed by atoms with van der Waals surface area (Å²) in [7, 11) is 0. The first kappa shape index (κ1) is 10.2. The molecular formula is C11H10N4OS. The lowest BCUT2D eigenvalue weighted by Gasteiger charge is -2.02. The molecule has 0 atom stereocenters. The van der Waals surface area contributed by atoms with E-state index >= 15 is 0 Å². The second-order valence-electron chi connectivity index (χ2n) is 3.42. The molecule has 86 valence electrons. The number of benzene rings is 1. The van der Waals surface area contributed by atoms with E-state index < -0.39 is 0 Å². The zero-order valence-corrected chi connectivity index (χ0v) is 10.0. The summed E-state index contributed by atoms with van der Waals surface area (Å²) < 4.78 is 7.07. The minimum atomic E-state index is 0.677. The Labute approximate surface area is 102 Å². The number of ether oxygens (including phenoxy) is 1. The third-order valence-electron chi connectivity index (χ3n) is 2.30. The minimum Gasteiger partial charge on any atom is -0.494 e. The Balaban J connectivity index is 1.95. The van der Waals surface area contributed by atoms with Gasteiger partial charge < -0.3 is 4.74 Å². The summed E-state index contributed by atoms with van der Waals surface area (Å²) >= 11 is 1.51. The van der Waals surface area contributed by atoms with Crippen LogP contribution in [0.4, 0.5) is 0 Å². The summed E-state index contributed by atoms with van der Waals surface area (Å²) in [6.45, 7) is 2.65. The van der Waals surface area contributed by atoms with Gasteiger partial charge in [-0.2, -0.15) is 9.61 Å². The molecule has 0 aliphatic carbocycles. The molecule has 2 aromatic heterocycles. The van der Waals surface area contributed by atoms with Crippen molar-refractivity contribution in [3.05, 3.63) is 30.6 Å². The predicted molar refractivity (Wildman–Crippen MR) is 65.3 cm³/mol. The third-order valence-corrected chi connectivity index (χ3v) is 3.26. The van der Waals surface area contributed by atoms with Gasteiger partial charge in [-0.25, -0.2) is 0 Å². The van der Waals surface area contributed by atoms with Crippen LogP contribution < -0.4 is 4.74 Å². The Kier molecular flexibility index (Phi) is 2.49. The monoisotopic (exact) mass is 246 g/mol. The Morgan fingerprint density at radius 3 is 2.82 bits per heavy atom. The van der Waals surface area contributed by atoms with Crippen LogP contribution in [0.25, 0.3) is 15.5 Å². The average Bonchev–Trinajstić information content (AvgIpc) is 2.90. The molecule has 0 bridgehead atoms. The highest BCUT2D eigenvalue weighted by Crippen LogP contribution is 2.26. The predicted octanol–water partition coefficient (Wildman–Crippen LogP) is 2.25. The fourth-order valence-electron chi connectivity index (χ4n) is 1.54. The number of fused-ring (bicyclic) bond motifs is 1. The summed E-state index contributed by atoms with van der Waals surface area (Å²) in [5.74, 6) is 0.874. The molecule has 0 radical (unpaired) electrons. The van der Waals surface area contributed by atoms with Crippen molar-refractivity contribution in [2.75, 3.05) is 6.61 Å². The van der Waals surface area contributed by atoms with E-state index in [1.54, 1.807) is 10.8 Å². The van der Waals surface area contributed by atoms with Gasteiger partial charge in [0.1, 0.15) is 17.1 Å². The van der Waals surface area contributed by atoms with Crippen LogP contribution in [0.5, 0.6) is 5.75 Å². The molecule has 3 aromatic rings. The van der Waals surface area contributed by atoms with Crippen molar-refractivity contribution in [3.63, 3.8) is 0 Å². The molecule has 6 heteroatoms. The van der Waals surface area contributed by atoms with Crippen molar-refractivity contribution in [2.24, 2.45) is 0 Å². The summed E-state index contributed by atoms with van der Waals surface area (Å²) in [5, 5.41) is 13.0. The van der Waals surface area contributed by atoms with E-state index in [0.717, 1.165) is 21.3 Å². The normalized spacial score (nSPS) is 10.9. The Bertz CT molecular complexity index is 600. The van der Waals surface area contributed by atoms with Crippen LogP contribution in [0.3, 0.4) is 0 Å². The molecule has 0 aliphatic heterocycles. The molecule has 0 aliphatic rings. The number of aromatic nitrogens is 4. The quantitative estimate of drug-likeness (QED) is 0.711. The molecule has 0 spiro atoms. The maximum atomic E-state index is 5.40. The molecule has 3 rings (SSSR count). The van der Waals surface area contributed by atoms with E-state index in [2.05, 4.69) is 15.3 Å².